The molecule has 1 unspecified atom stereocenters. The quantitative estimate of drug-likeness (QED) is 0.305. The first kappa shape index (κ1) is 22.8. The van der Waals surface area contributed by atoms with Gasteiger partial charge in [0.2, 0.25) is 12.1 Å². The highest BCUT2D eigenvalue weighted by atomic mass is 79.9. The summed E-state index contributed by atoms with van der Waals surface area (Å²) in [6.45, 7) is 2.22. The SMILES string of the molecule is CCCCCCCCCCCC(n1cc[n+](C)c1)P(=O)(O)O.[Br-]. The van der Waals surface area contributed by atoms with Crippen molar-refractivity contribution in [1.29, 1.82) is 0 Å². The van der Waals surface area contributed by atoms with E-state index in [9.17, 15) is 14.4 Å². The average Bonchev–Trinajstić information content (AvgIpc) is 2.85. The van der Waals surface area contributed by atoms with E-state index >= 15 is 0 Å². The Morgan fingerprint density at radius 1 is 1.04 bits per heavy atom. The molecule has 2 N–H and O–H groups in total. The lowest BCUT2D eigenvalue weighted by Gasteiger charge is -2.15. The lowest BCUT2D eigenvalue weighted by atomic mass is 10.1. The predicted molar refractivity (Wildman–Crippen MR) is 88.5 cm³/mol. The number of hydrogen-bond acceptors (Lipinski definition) is 1. The van der Waals surface area contributed by atoms with E-state index in [0.717, 1.165) is 12.8 Å². The van der Waals surface area contributed by atoms with Gasteiger partial charge in [0, 0.05) is 0 Å². The van der Waals surface area contributed by atoms with Gasteiger partial charge < -0.3 is 26.8 Å². The van der Waals surface area contributed by atoms with E-state index in [1.54, 1.807) is 27.9 Å². The Morgan fingerprint density at radius 2 is 1.57 bits per heavy atom. The first-order chi connectivity index (χ1) is 10.4. The van der Waals surface area contributed by atoms with Crippen molar-refractivity contribution in [3.05, 3.63) is 18.7 Å². The van der Waals surface area contributed by atoms with Gasteiger partial charge in [0.15, 0.2) is 0 Å². The lowest BCUT2D eigenvalue weighted by Crippen LogP contribution is -3.00. The number of imidazole rings is 1. The van der Waals surface area contributed by atoms with Crippen molar-refractivity contribution in [2.75, 3.05) is 0 Å². The van der Waals surface area contributed by atoms with Crippen LogP contribution in [-0.4, -0.2) is 14.4 Å². The summed E-state index contributed by atoms with van der Waals surface area (Å²) >= 11 is 0. The van der Waals surface area contributed by atoms with Crippen molar-refractivity contribution in [2.45, 2.75) is 76.9 Å². The maximum atomic E-state index is 11.7. The van der Waals surface area contributed by atoms with Crippen LogP contribution in [0.3, 0.4) is 0 Å². The molecule has 0 aliphatic carbocycles. The number of halogens is 1. The Bertz CT molecular complexity index is 462. The van der Waals surface area contributed by atoms with Crippen LogP contribution in [0.15, 0.2) is 18.7 Å². The fourth-order valence-electron chi connectivity index (χ4n) is 2.77. The molecule has 5 nitrogen and oxygen atoms in total. The van der Waals surface area contributed by atoms with Gasteiger partial charge in [-0.05, 0) is 12.8 Å². The van der Waals surface area contributed by atoms with Crippen LogP contribution in [-0.2, 0) is 11.6 Å². The predicted octanol–water partition coefficient (Wildman–Crippen LogP) is 0.914. The largest absolute Gasteiger partial charge is 1.00 e. The smallest absolute Gasteiger partial charge is 0.369 e. The summed E-state index contributed by atoms with van der Waals surface area (Å²) in [4.78, 5) is 19.1. The van der Waals surface area contributed by atoms with Gasteiger partial charge in [-0.25, -0.2) is 9.13 Å². The molecule has 1 heterocycles. The number of aromatic nitrogens is 2. The molecule has 136 valence electrons. The zero-order valence-corrected chi connectivity index (χ0v) is 16.9. The second-order valence-electron chi connectivity index (χ2n) is 6.21. The first-order valence-corrected chi connectivity index (χ1v) is 10.2. The van der Waals surface area contributed by atoms with Crippen LogP contribution >= 0.6 is 7.60 Å². The number of nitrogens with zero attached hydrogens (tertiary/aromatic N) is 2. The summed E-state index contributed by atoms with van der Waals surface area (Å²) in [7, 11) is -2.26. The zero-order chi connectivity index (χ0) is 16.4. The van der Waals surface area contributed by atoms with Crippen LogP contribution < -0.4 is 21.5 Å². The van der Waals surface area contributed by atoms with E-state index in [4.69, 9.17) is 0 Å². The van der Waals surface area contributed by atoms with E-state index in [1.807, 2.05) is 7.05 Å². The molecule has 7 heteroatoms. The number of hydrogen-bond donors (Lipinski definition) is 2. The van der Waals surface area contributed by atoms with Crippen molar-refractivity contribution < 1.29 is 35.9 Å². The molecule has 0 aliphatic heterocycles. The summed E-state index contributed by atoms with van der Waals surface area (Å²) in [6.07, 6.45) is 16.7. The van der Waals surface area contributed by atoms with Crippen molar-refractivity contribution in [2.24, 2.45) is 7.05 Å². The van der Waals surface area contributed by atoms with Crippen molar-refractivity contribution >= 4 is 7.60 Å². The summed E-state index contributed by atoms with van der Waals surface area (Å²) in [5.74, 6) is -0.724. The molecule has 23 heavy (non-hydrogen) atoms. The fourth-order valence-corrected chi connectivity index (χ4v) is 3.78. The molecule has 1 atom stereocenters. The van der Waals surface area contributed by atoms with Gasteiger partial charge in [0.05, 0.1) is 7.05 Å². The Labute approximate surface area is 151 Å². The van der Waals surface area contributed by atoms with Gasteiger partial charge in [-0.3, -0.25) is 4.57 Å². The van der Waals surface area contributed by atoms with Gasteiger partial charge in [0.1, 0.15) is 12.4 Å². The maximum Gasteiger partial charge on any atom is 0.369 e. The Kier molecular flexibility index (Phi) is 12.2. The summed E-state index contributed by atoms with van der Waals surface area (Å²) in [6, 6.07) is 0. The maximum absolute atomic E-state index is 11.7. The molecule has 0 bridgehead atoms. The molecular formula is C16H32BrN2O3P. The molecular weight excluding hydrogens is 379 g/mol. The summed E-state index contributed by atoms with van der Waals surface area (Å²) in [5.41, 5.74) is 0. The van der Waals surface area contributed by atoms with E-state index in [0.29, 0.717) is 6.42 Å². The Balaban J connectivity index is 0.00000484. The van der Waals surface area contributed by atoms with E-state index in [2.05, 4.69) is 6.92 Å². The molecule has 0 spiro atoms. The van der Waals surface area contributed by atoms with Crippen LogP contribution in [0.2, 0.25) is 0 Å². The molecule has 0 saturated carbocycles. The highest BCUT2D eigenvalue weighted by molar-refractivity contribution is 7.51. The average molecular weight is 411 g/mol. The van der Waals surface area contributed by atoms with E-state index in [1.165, 1.54) is 44.9 Å². The zero-order valence-electron chi connectivity index (χ0n) is 14.4. The lowest BCUT2D eigenvalue weighted by molar-refractivity contribution is -0.671. The molecule has 0 radical (unpaired) electrons. The van der Waals surface area contributed by atoms with Crippen LogP contribution in [0.1, 0.15) is 76.9 Å². The van der Waals surface area contributed by atoms with Crippen molar-refractivity contribution in [1.82, 2.24) is 4.57 Å². The van der Waals surface area contributed by atoms with Gasteiger partial charge in [0.25, 0.3) is 0 Å². The second-order valence-corrected chi connectivity index (χ2v) is 7.99. The van der Waals surface area contributed by atoms with Crippen LogP contribution in [0.25, 0.3) is 0 Å². The molecule has 0 aromatic carbocycles. The third-order valence-electron chi connectivity index (χ3n) is 4.09. The van der Waals surface area contributed by atoms with Crippen LogP contribution in [0.4, 0.5) is 0 Å². The summed E-state index contributed by atoms with van der Waals surface area (Å²) in [5, 5.41) is 0. The molecule has 0 fully saturated rings. The summed E-state index contributed by atoms with van der Waals surface area (Å²) < 4.78 is 15.1. The molecule has 1 aromatic rings. The molecule has 0 amide bonds. The minimum atomic E-state index is -4.11. The normalized spacial score (nSPS) is 12.9. The second kappa shape index (κ2) is 12.2. The fraction of sp³-hybridized carbons (Fsp3) is 0.812. The first-order valence-electron chi connectivity index (χ1n) is 8.53. The van der Waals surface area contributed by atoms with Gasteiger partial charge >= 0.3 is 7.60 Å². The van der Waals surface area contributed by atoms with Crippen molar-refractivity contribution in [3.63, 3.8) is 0 Å². The molecule has 0 aliphatic rings. The Hall–Kier alpha value is -0.160. The van der Waals surface area contributed by atoms with Gasteiger partial charge in [-0.2, -0.15) is 0 Å². The minimum Gasteiger partial charge on any atom is -1.00 e. The molecule has 1 rings (SSSR count). The monoisotopic (exact) mass is 410 g/mol. The van der Waals surface area contributed by atoms with Crippen LogP contribution in [0, 0.1) is 0 Å². The molecule has 1 aromatic heterocycles. The van der Waals surface area contributed by atoms with Gasteiger partial charge in [-0.15, -0.1) is 0 Å². The van der Waals surface area contributed by atoms with Crippen molar-refractivity contribution in [3.8, 4) is 0 Å². The third-order valence-corrected chi connectivity index (χ3v) is 5.39. The number of rotatable bonds is 12. The number of aryl methyl sites for hydroxylation is 1. The number of unbranched alkanes of at least 4 members (excludes halogenated alkanes) is 8. The van der Waals surface area contributed by atoms with E-state index < -0.39 is 13.4 Å². The van der Waals surface area contributed by atoms with Gasteiger partial charge in [-0.1, -0.05) is 58.3 Å². The standard InChI is InChI=1S/C16H31N2O3P.BrH/c1-3-4-5-6-7-8-9-10-11-12-16(22(19,20)21)18-14-13-17(2)15-18;/h13-16H,3-12H2,1-2H3,(H-,19,20,21);1H. The Morgan fingerprint density at radius 3 is 2.00 bits per heavy atom. The highest BCUT2D eigenvalue weighted by Gasteiger charge is 2.33. The van der Waals surface area contributed by atoms with E-state index in [-0.39, 0.29) is 17.0 Å². The topological polar surface area (TPSA) is 66.3 Å². The van der Waals surface area contributed by atoms with Crippen LogP contribution in [0.5, 0.6) is 0 Å². The molecule has 0 saturated heterocycles. The third kappa shape index (κ3) is 9.65. The highest BCUT2D eigenvalue weighted by Crippen LogP contribution is 2.51. The minimum absolute atomic E-state index is 0.